The summed E-state index contributed by atoms with van der Waals surface area (Å²) in [6.07, 6.45) is 1.75. The number of ether oxygens (including phenoxy) is 1. The Bertz CT molecular complexity index is 770. The van der Waals surface area contributed by atoms with Crippen molar-refractivity contribution in [3.63, 3.8) is 0 Å². The summed E-state index contributed by atoms with van der Waals surface area (Å²) in [6.45, 7) is 6.87. The number of aliphatic hydroxyl groups excluding tert-OH is 2. The maximum Gasteiger partial charge on any atom is 0.202 e. The molecule has 0 bridgehead atoms. The van der Waals surface area contributed by atoms with Crippen molar-refractivity contribution in [2.75, 3.05) is 6.61 Å². The molecule has 0 saturated heterocycles. The van der Waals surface area contributed by atoms with Gasteiger partial charge in [0.05, 0.1) is 13.2 Å². The number of nitrogens with zero attached hydrogens (tertiary/aromatic N) is 1. The van der Waals surface area contributed by atoms with Crippen LogP contribution in [0.1, 0.15) is 32.9 Å². The van der Waals surface area contributed by atoms with Crippen LogP contribution in [-0.4, -0.2) is 27.2 Å². The summed E-state index contributed by atoms with van der Waals surface area (Å²) >= 11 is 0. The molecule has 25 heavy (non-hydrogen) atoms. The molecule has 0 fully saturated rings. The lowest BCUT2D eigenvalue weighted by atomic mass is 10.1. The van der Waals surface area contributed by atoms with Crippen molar-refractivity contribution in [1.82, 2.24) is 4.57 Å². The van der Waals surface area contributed by atoms with Crippen molar-refractivity contribution in [3.8, 4) is 5.75 Å². The third-order valence-electron chi connectivity index (χ3n) is 4.08. The highest BCUT2D eigenvalue weighted by molar-refractivity contribution is 5.98. The highest BCUT2D eigenvalue weighted by Crippen LogP contribution is 2.26. The molecule has 2 N–H and O–H groups in total. The second kappa shape index (κ2) is 8.09. The van der Waals surface area contributed by atoms with E-state index in [-0.39, 0.29) is 29.3 Å². The van der Waals surface area contributed by atoms with E-state index in [1.54, 1.807) is 12.1 Å². The Balaban J connectivity index is 2.24. The van der Waals surface area contributed by atoms with Crippen molar-refractivity contribution < 1.29 is 24.1 Å². The van der Waals surface area contributed by atoms with Gasteiger partial charge in [-0.05, 0) is 32.0 Å². The standard InChI is InChI=1S/C19H22FNO4/c1-4-5-21-12(2)6-17(13(21)3)18(24)11-25-19-14(9-22)7-16(20)8-15(19)10-23/h4,6-8,22-23H,1,5,9-11H2,2-3H3. The van der Waals surface area contributed by atoms with Crippen molar-refractivity contribution >= 4 is 5.78 Å². The van der Waals surface area contributed by atoms with Crippen molar-refractivity contribution in [2.24, 2.45) is 0 Å². The van der Waals surface area contributed by atoms with Gasteiger partial charge in [-0.1, -0.05) is 6.08 Å². The van der Waals surface area contributed by atoms with E-state index in [1.165, 1.54) is 0 Å². The number of aliphatic hydroxyl groups is 2. The second-order valence-electron chi connectivity index (χ2n) is 5.77. The van der Waals surface area contributed by atoms with Crippen LogP contribution in [-0.2, 0) is 19.8 Å². The molecule has 1 aromatic carbocycles. The van der Waals surface area contributed by atoms with E-state index in [0.29, 0.717) is 12.1 Å². The number of allylic oxidation sites excluding steroid dienone is 1. The van der Waals surface area contributed by atoms with E-state index in [9.17, 15) is 19.4 Å². The van der Waals surface area contributed by atoms with E-state index in [4.69, 9.17) is 4.74 Å². The van der Waals surface area contributed by atoms with Crippen LogP contribution in [0.5, 0.6) is 5.75 Å². The number of carbonyl (C=O) groups excluding carboxylic acids is 1. The summed E-state index contributed by atoms with van der Waals surface area (Å²) in [5.74, 6) is -0.681. The number of benzene rings is 1. The van der Waals surface area contributed by atoms with Gasteiger partial charge in [-0.15, -0.1) is 6.58 Å². The molecule has 0 unspecified atom stereocenters. The van der Waals surface area contributed by atoms with Crippen LogP contribution < -0.4 is 4.74 Å². The second-order valence-corrected chi connectivity index (χ2v) is 5.77. The van der Waals surface area contributed by atoms with E-state index in [0.717, 1.165) is 23.5 Å². The topological polar surface area (TPSA) is 71.7 Å². The van der Waals surface area contributed by atoms with Crippen LogP contribution in [0.15, 0.2) is 30.9 Å². The minimum atomic E-state index is -0.584. The molecule has 6 heteroatoms. The Labute approximate surface area is 146 Å². The third-order valence-corrected chi connectivity index (χ3v) is 4.08. The van der Waals surface area contributed by atoms with Crippen molar-refractivity contribution in [2.45, 2.75) is 33.6 Å². The fourth-order valence-corrected chi connectivity index (χ4v) is 2.84. The van der Waals surface area contributed by atoms with Gasteiger partial charge in [0, 0.05) is 34.6 Å². The Morgan fingerprint density at radius 3 is 2.36 bits per heavy atom. The van der Waals surface area contributed by atoms with Gasteiger partial charge in [0.15, 0.2) is 6.61 Å². The monoisotopic (exact) mass is 347 g/mol. The molecule has 0 atom stereocenters. The lowest BCUT2D eigenvalue weighted by Crippen LogP contribution is -2.15. The van der Waals surface area contributed by atoms with Gasteiger partial charge in [0.1, 0.15) is 11.6 Å². The number of halogens is 1. The van der Waals surface area contributed by atoms with E-state index < -0.39 is 19.0 Å². The number of ketones is 1. The normalized spacial score (nSPS) is 10.8. The number of rotatable bonds is 8. The summed E-state index contributed by atoms with van der Waals surface area (Å²) < 4.78 is 21.0. The highest BCUT2D eigenvalue weighted by Gasteiger charge is 2.18. The van der Waals surface area contributed by atoms with Gasteiger partial charge in [0.25, 0.3) is 0 Å². The zero-order valence-corrected chi connectivity index (χ0v) is 14.4. The summed E-state index contributed by atoms with van der Waals surface area (Å²) in [5.41, 5.74) is 2.67. The summed E-state index contributed by atoms with van der Waals surface area (Å²) in [5, 5.41) is 18.7. The fourth-order valence-electron chi connectivity index (χ4n) is 2.84. The Kier molecular flexibility index (Phi) is 6.12. The molecule has 0 spiro atoms. The highest BCUT2D eigenvalue weighted by atomic mass is 19.1. The molecular weight excluding hydrogens is 325 g/mol. The average Bonchev–Trinajstić information content (AvgIpc) is 2.88. The molecule has 5 nitrogen and oxygen atoms in total. The Morgan fingerprint density at radius 2 is 1.84 bits per heavy atom. The van der Waals surface area contributed by atoms with Crippen LogP contribution in [0.2, 0.25) is 0 Å². The molecule has 2 rings (SSSR count). The van der Waals surface area contributed by atoms with Crippen LogP contribution in [0.25, 0.3) is 0 Å². The number of carbonyl (C=O) groups is 1. The van der Waals surface area contributed by atoms with Crippen LogP contribution in [0, 0.1) is 19.7 Å². The first-order valence-electron chi connectivity index (χ1n) is 7.89. The lowest BCUT2D eigenvalue weighted by Gasteiger charge is -2.14. The molecule has 0 saturated carbocycles. The van der Waals surface area contributed by atoms with Gasteiger partial charge in [-0.2, -0.15) is 0 Å². The minimum absolute atomic E-state index is 0.139. The zero-order valence-electron chi connectivity index (χ0n) is 14.4. The molecule has 0 aliphatic heterocycles. The van der Waals surface area contributed by atoms with Crippen molar-refractivity contribution in [3.05, 3.63) is 64.7 Å². The third kappa shape index (κ3) is 3.97. The van der Waals surface area contributed by atoms with E-state index >= 15 is 0 Å². The largest absolute Gasteiger partial charge is 0.485 e. The SMILES string of the molecule is C=CCn1c(C)cc(C(=O)COc2c(CO)cc(F)cc2CO)c1C. The van der Waals surface area contributed by atoms with Crippen LogP contribution >= 0.6 is 0 Å². The van der Waals surface area contributed by atoms with Crippen molar-refractivity contribution in [1.29, 1.82) is 0 Å². The van der Waals surface area contributed by atoms with Gasteiger partial charge in [-0.25, -0.2) is 4.39 Å². The maximum absolute atomic E-state index is 13.5. The maximum atomic E-state index is 13.5. The molecule has 134 valence electrons. The molecule has 1 aromatic heterocycles. The summed E-state index contributed by atoms with van der Waals surface area (Å²) in [4.78, 5) is 12.5. The molecule has 0 aliphatic rings. The van der Waals surface area contributed by atoms with Crippen LogP contribution in [0.3, 0.4) is 0 Å². The molecule has 0 aliphatic carbocycles. The smallest absolute Gasteiger partial charge is 0.202 e. The number of aromatic nitrogens is 1. The predicted octanol–water partition coefficient (Wildman–Crippen LogP) is 2.68. The quantitative estimate of drug-likeness (QED) is 0.569. The zero-order chi connectivity index (χ0) is 18.6. The molecular formula is C19H22FNO4. The first kappa shape index (κ1) is 18.9. The Hall–Kier alpha value is -2.44. The summed E-state index contributed by atoms with van der Waals surface area (Å²) in [7, 11) is 0. The minimum Gasteiger partial charge on any atom is -0.485 e. The number of hydrogen-bond acceptors (Lipinski definition) is 4. The lowest BCUT2D eigenvalue weighted by molar-refractivity contribution is 0.0916. The first-order chi connectivity index (χ1) is 11.9. The van der Waals surface area contributed by atoms with Gasteiger partial charge < -0.3 is 19.5 Å². The fraction of sp³-hybridized carbons (Fsp3) is 0.316. The molecule has 1 heterocycles. The predicted molar refractivity (Wildman–Crippen MR) is 92.2 cm³/mol. The summed E-state index contributed by atoms with van der Waals surface area (Å²) in [6, 6.07) is 4.03. The molecule has 2 aromatic rings. The van der Waals surface area contributed by atoms with Gasteiger partial charge in [0.2, 0.25) is 5.78 Å². The van der Waals surface area contributed by atoms with E-state index in [2.05, 4.69) is 6.58 Å². The number of Topliss-reactive ketones (excluding diaryl/α,β-unsaturated/α-hetero) is 1. The molecule has 0 amide bonds. The molecule has 0 radical (unpaired) electrons. The Morgan fingerprint density at radius 1 is 1.24 bits per heavy atom. The van der Waals surface area contributed by atoms with E-state index in [1.807, 2.05) is 18.4 Å². The average molecular weight is 347 g/mol. The van der Waals surface area contributed by atoms with Gasteiger partial charge in [-0.3, -0.25) is 4.79 Å². The van der Waals surface area contributed by atoms with Gasteiger partial charge >= 0.3 is 0 Å². The van der Waals surface area contributed by atoms with Crippen LogP contribution in [0.4, 0.5) is 4.39 Å². The number of hydrogen-bond donors (Lipinski definition) is 2. The first-order valence-corrected chi connectivity index (χ1v) is 7.89. The number of aryl methyl sites for hydroxylation is 1.